The Kier molecular flexibility index (Phi) is 6.10. The molecule has 28 heavy (non-hydrogen) atoms. The Labute approximate surface area is 170 Å². The van der Waals surface area contributed by atoms with Gasteiger partial charge in [0, 0.05) is 30.5 Å². The third-order valence-corrected chi connectivity index (χ3v) is 6.33. The second kappa shape index (κ2) is 8.90. The molecule has 1 saturated carbocycles. The molecule has 2 heterocycles. The normalized spacial score (nSPS) is 17.8. The van der Waals surface area contributed by atoms with Crippen molar-refractivity contribution in [2.24, 2.45) is 0 Å². The fourth-order valence-electron chi connectivity index (χ4n) is 3.54. The number of hydrogen-bond acceptors (Lipinski definition) is 5. The van der Waals surface area contributed by atoms with E-state index in [1.807, 2.05) is 25.3 Å². The van der Waals surface area contributed by atoms with Crippen LogP contribution in [0.1, 0.15) is 57.9 Å². The van der Waals surface area contributed by atoms with Crippen molar-refractivity contribution >= 4 is 17.7 Å². The molecule has 0 bridgehead atoms. The number of hydrogen-bond donors (Lipinski definition) is 1. The van der Waals surface area contributed by atoms with E-state index in [-0.39, 0.29) is 11.2 Å². The Morgan fingerprint density at radius 3 is 2.96 bits per heavy atom. The summed E-state index contributed by atoms with van der Waals surface area (Å²) in [6, 6.07) is 4.34. The lowest BCUT2D eigenvalue weighted by atomic mass is 9.97. The van der Waals surface area contributed by atoms with Crippen molar-refractivity contribution in [1.82, 2.24) is 25.1 Å². The van der Waals surface area contributed by atoms with Crippen molar-refractivity contribution in [3.05, 3.63) is 36.2 Å². The largest absolute Gasteiger partial charge is 0.355 e. The molecule has 4 rings (SSSR count). The van der Waals surface area contributed by atoms with Gasteiger partial charge in [-0.2, -0.15) is 0 Å². The third-order valence-electron chi connectivity index (χ3n) is 5.28. The zero-order valence-electron chi connectivity index (χ0n) is 16.3. The van der Waals surface area contributed by atoms with Gasteiger partial charge in [0.1, 0.15) is 0 Å². The number of allylic oxidation sites excluding steroid dienone is 1. The fourth-order valence-corrected chi connectivity index (χ4v) is 4.49. The van der Waals surface area contributed by atoms with Crippen LogP contribution in [0.4, 0.5) is 0 Å². The molecule has 1 amide bonds. The number of aromatic nitrogens is 4. The molecule has 2 aliphatic carbocycles. The first-order valence-electron chi connectivity index (χ1n) is 10.2. The van der Waals surface area contributed by atoms with Gasteiger partial charge in [-0.05, 0) is 64.0 Å². The van der Waals surface area contributed by atoms with Crippen LogP contribution in [-0.2, 0) is 4.79 Å². The summed E-state index contributed by atoms with van der Waals surface area (Å²) >= 11 is 1.49. The first kappa shape index (κ1) is 19.2. The van der Waals surface area contributed by atoms with E-state index in [1.54, 1.807) is 6.20 Å². The monoisotopic (exact) mass is 397 g/mol. The second-order valence-corrected chi connectivity index (χ2v) is 8.87. The van der Waals surface area contributed by atoms with Gasteiger partial charge in [-0.25, -0.2) is 0 Å². The minimum absolute atomic E-state index is 0.0645. The van der Waals surface area contributed by atoms with Gasteiger partial charge < -0.3 is 5.32 Å². The SMILES string of the molecule is C[C@@H](Sc1nnc(-c2cccnc2)n1C1CC1)C(=O)NCCC1=CCCCC1. The molecule has 0 unspecified atom stereocenters. The van der Waals surface area contributed by atoms with Crippen molar-refractivity contribution in [2.45, 2.75) is 68.3 Å². The maximum absolute atomic E-state index is 12.5. The van der Waals surface area contributed by atoms with Gasteiger partial charge in [0.2, 0.25) is 5.91 Å². The van der Waals surface area contributed by atoms with Crippen LogP contribution in [-0.4, -0.2) is 37.5 Å². The van der Waals surface area contributed by atoms with Crippen LogP contribution in [0.3, 0.4) is 0 Å². The number of nitrogens with one attached hydrogen (secondary N) is 1. The summed E-state index contributed by atoms with van der Waals surface area (Å²) < 4.78 is 2.18. The smallest absolute Gasteiger partial charge is 0.233 e. The number of rotatable bonds is 8. The average molecular weight is 398 g/mol. The van der Waals surface area contributed by atoms with Crippen molar-refractivity contribution in [3.8, 4) is 11.4 Å². The van der Waals surface area contributed by atoms with Crippen LogP contribution >= 0.6 is 11.8 Å². The maximum atomic E-state index is 12.5. The first-order valence-corrected chi connectivity index (χ1v) is 11.1. The van der Waals surface area contributed by atoms with Gasteiger partial charge in [0.25, 0.3) is 0 Å². The van der Waals surface area contributed by atoms with E-state index in [2.05, 4.69) is 31.1 Å². The summed E-state index contributed by atoms with van der Waals surface area (Å²) in [5.41, 5.74) is 2.45. The van der Waals surface area contributed by atoms with Crippen LogP contribution in [0.2, 0.25) is 0 Å². The molecule has 1 N–H and O–H groups in total. The Morgan fingerprint density at radius 2 is 2.25 bits per heavy atom. The van der Waals surface area contributed by atoms with E-state index in [1.165, 1.54) is 43.0 Å². The molecule has 0 saturated heterocycles. The van der Waals surface area contributed by atoms with E-state index in [9.17, 15) is 4.79 Å². The molecular weight excluding hydrogens is 370 g/mol. The minimum Gasteiger partial charge on any atom is -0.355 e. The molecule has 6 nitrogen and oxygen atoms in total. The van der Waals surface area contributed by atoms with Crippen LogP contribution in [0, 0.1) is 0 Å². The lowest BCUT2D eigenvalue weighted by molar-refractivity contribution is -0.120. The highest BCUT2D eigenvalue weighted by Crippen LogP contribution is 2.41. The number of carbonyl (C=O) groups is 1. The Morgan fingerprint density at radius 1 is 1.36 bits per heavy atom. The van der Waals surface area contributed by atoms with Gasteiger partial charge in [-0.15, -0.1) is 10.2 Å². The van der Waals surface area contributed by atoms with E-state index in [4.69, 9.17) is 0 Å². The summed E-state index contributed by atoms with van der Waals surface area (Å²) in [6.45, 7) is 2.65. The predicted octanol–water partition coefficient (Wildman–Crippen LogP) is 4.16. The predicted molar refractivity (Wildman–Crippen MR) is 111 cm³/mol. The van der Waals surface area contributed by atoms with Crippen molar-refractivity contribution in [2.75, 3.05) is 6.54 Å². The summed E-state index contributed by atoms with van der Waals surface area (Å²) in [4.78, 5) is 16.7. The second-order valence-electron chi connectivity index (χ2n) is 7.56. The van der Waals surface area contributed by atoms with Gasteiger partial charge >= 0.3 is 0 Å². The van der Waals surface area contributed by atoms with Crippen LogP contribution in [0.5, 0.6) is 0 Å². The Balaban J connectivity index is 1.37. The van der Waals surface area contributed by atoms with Gasteiger partial charge in [-0.3, -0.25) is 14.3 Å². The molecule has 0 spiro atoms. The van der Waals surface area contributed by atoms with E-state index in [0.29, 0.717) is 12.6 Å². The summed E-state index contributed by atoms with van der Waals surface area (Å²) in [5, 5.41) is 12.5. The van der Waals surface area contributed by atoms with E-state index in [0.717, 1.165) is 35.8 Å². The summed E-state index contributed by atoms with van der Waals surface area (Å²) in [7, 11) is 0. The van der Waals surface area contributed by atoms with Crippen LogP contribution in [0.25, 0.3) is 11.4 Å². The van der Waals surface area contributed by atoms with Gasteiger partial charge in [0.15, 0.2) is 11.0 Å². The molecule has 2 aromatic heterocycles. The number of thioether (sulfide) groups is 1. The molecule has 0 radical (unpaired) electrons. The molecule has 0 aromatic carbocycles. The molecule has 2 aromatic rings. The van der Waals surface area contributed by atoms with Gasteiger partial charge in [-0.1, -0.05) is 23.4 Å². The quantitative estimate of drug-likeness (QED) is 0.535. The van der Waals surface area contributed by atoms with Crippen molar-refractivity contribution in [1.29, 1.82) is 0 Å². The molecule has 0 aliphatic heterocycles. The number of carbonyl (C=O) groups excluding carboxylic acids is 1. The van der Waals surface area contributed by atoms with Crippen LogP contribution < -0.4 is 5.32 Å². The molecule has 148 valence electrons. The highest BCUT2D eigenvalue weighted by atomic mass is 32.2. The highest BCUT2D eigenvalue weighted by molar-refractivity contribution is 8.00. The third kappa shape index (κ3) is 4.63. The number of amides is 1. The maximum Gasteiger partial charge on any atom is 0.233 e. The molecule has 2 aliphatic rings. The summed E-state index contributed by atoms with van der Waals surface area (Å²) in [6.07, 6.45) is 14.1. The highest BCUT2D eigenvalue weighted by Gasteiger charge is 2.31. The average Bonchev–Trinajstić information content (AvgIpc) is 3.49. The molecule has 1 atom stereocenters. The zero-order valence-corrected chi connectivity index (χ0v) is 17.1. The molecule has 7 heteroatoms. The fraction of sp³-hybridized carbons (Fsp3) is 0.524. The lowest BCUT2D eigenvalue weighted by Crippen LogP contribution is -2.32. The number of nitrogens with zero attached hydrogens (tertiary/aromatic N) is 4. The van der Waals surface area contributed by atoms with E-state index >= 15 is 0 Å². The van der Waals surface area contributed by atoms with E-state index < -0.39 is 0 Å². The first-order chi connectivity index (χ1) is 13.7. The molecular formula is C21H27N5OS. The van der Waals surface area contributed by atoms with Crippen molar-refractivity contribution < 1.29 is 4.79 Å². The molecule has 1 fully saturated rings. The Bertz CT molecular complexity index is 844. The summed E-state index contributed by atoms with van der Waals surface area (Å²) in [5.74, 6) is 0.907. The Hall–Kier alpha value is -2.15. The minimum atomic E-state index is -0.205. The zero-order chi connectivity index (χ0) is 19.3. The lowest BCUT2D eigenvalue weighted by Gasteiger charge is -2.15. The topological polar surface area (TPSA) is 72.7 Å². The number of pyridine rings is 1. The van der Waals surface area contributed by atoms with Crippen LogP contribution in [0.15, 0.2) is 41.3 Å². The standard InChI is InChI=1S/C21H27N5OS/c1-15(20(27)23-13-11-16-6-3-2-4-7-16)28-21-25-24-19(26(21)18-9-10-18)17-8-5-12-22-14-17/h5-6,8,12,14-15,18H,2-4,7,9-11,13H2,1H3,(H,23,27)/t15-/m1/s1. The van der Waals surface area contributed by atoms with Crippen molar-refractivity contribution in [3.63, 3.8) is 0 Å². The van der Waals surface area contributed by atoms with Gasteiger partial charge in [0.05, 0.1) is 5.25 Å².